The van der Waals surface area contributed by atoms with Crippen LogP contribution in [-0.2, 0) is 11.3 Å². The standard InChI is InChI=1S/C25H30N4O4/c1-6-28-20-14-18(33-7-2)12-13-19(20)22(24(31)26(3)4)23(28)16-8-10-17(11-9-16)29-21(30)15-27(5)25(29)32/h8-14,25,32H,6-7,15H2,1-5H3. The number of aryl methyl sites for hydroxylation is 1. The van der Waals surface area contributed by atoms with Crippen molar-refractivity contribution in [2.45, 2.75) is 26.7 Å². The average molecular weight is 451 g/mol. The summed E-state index contributed by atoms with van der Waals surface area (Å²) in [5.41, 5.74) is 3.84. The molecule has 0 aliphatic carbocycles. The van der Waals surface area contributed by atoms with Gasteiger partial charge in [0.25, 0.3) is 5.91 Å². The molecule has 2 heterocycles. The minimum atomic E-state index is -0.992. The van der Waals surface area contributed by atoms with Crippen molar-refractivity contribution >= 4 is 28.4 Å². The summed E-state index contributed by atoms with van der Waals surface area (Å²) in [6, 6.07) is 13.2. The maximum atomic E-state index is 13.3. The second-order valence-electron chi connectivity index (χ2n) is 8.35. The third kappa shape index (κ3) is 3.85. The summed E-state index contributed by atoms with van der Waals surface area (Å²) in [4.78, 5) is 30.1. The Morgan fingerprint density at radius 1 is 1.15 bits per heavy atom. The Morgan fingerprint density at radius 3 is 2.39 bits per heavy atom. The number of anilines is 1. The lowest BCUT2D eigenvalue weighted by Gasteiger charge is -2.23. The summed E-state index contributed by atoms with van der Waals surface area (Å²) in [6.07, 6.45) is -0.992. The number of aliphatic hydroxyl groups excluding tert-OH is 1. The smallest absolute Gasteiger partial charge is 0.256 e. The molecular formula is C25H30N4O4. The molecule has 1 aliphatic rings. The monoisotopic (exact) mass is 450 g/mol. The number of aromatic nitrogens is 1. The number of carbonyl (C=O) groups is 2. The number of amides is 2. The van der Waals surface area contributed by atoms with Gasteiger partial charge >= 0.3 is 0 Å². The van der Waals surface area contributed by atoms with Crippen LogP contribution in [0.1, 0.15) is 24.2 Å². The molecule has 8 heteroatoms. The predicted molar refractivity (Wildman–Crippen MR) is 128 cm³/mol. The first-order valence-corrected chi connectivity index (χ1v) is 11.1. The van der Waals surface area contributed by atoms with Crippen LogP contribution in [-0.4, -0.2) is 71.9 Å². The van der Waals surface area contributed by atoms with Crippen LogP contribution in [0, 0.1) is 0 Å². The number of fused-ring (bicyclic) bond motifs is 1. The van der Waals surface area contributed by atoms with E-state index in [9.17, 15) is 14.7 Å². The van der Waals surface area contributed by atoms with E-state index in [1.54, 1.807) is 30.9 Å². The molecule has 0 radical (unpaired) electrons. The zero-order valence-corrected chi connectivity index (χ0v) is 19.7. The molecule has 1 fully saturated rings. The van der Waals surface area contributed by atoms with Crippen molar-refractivity contribution in [3.8, 4) is 17.0 Å². The van der Waals surface area contributed by atoms with Crippen molar-refractivity contribution in [1.29, 1.82) is 0 Å². The number of hydrogen-bond donors (Lipinski definition) is 1. The van der Waals surface area contributed by atoms with Gasteiger partial charge in [0, 0.05) is 37.8 Å². The Bertz CT molecular complexity index is 1200. The molecule has 1 atom stereocenters. The van der Waals surface area contributed by atoms with Gasteiger partial charge in [0.15, 0.2) is 6.35 Å². The summed E-state index contributed by atoms with van der Waals surface area (Å²) in [5, 5.41) is 11.2. The predicted octanol–water partition coefficient (Wildman–Crippen LogP) is 2.98. The highest BCUT2D eigenvalue weighted by Gasteiger charge is 2.35. The van der Waals surface area contributed by atoms with Crippen LogP contribution < -0.4 is 9.64 Å². The van der Waals surface area contributed by atoms with Gasteiger partial charge in [0.2, 0.25) is 5.91 Å². The Kier molecular flexibility index (Phi) is 6.14. The lowest BCUT2D eigenvalue weighted by atomic mass is 10.0. The number of likely N-dealkylation sites (N-methyl/N-ethyl adjacent to an activating group) is 1. The van der Waals surface area contributed by atoms with Crippen molar-refractivity contribution in [2.75, 3.05) is 39.2 Å². The van der Waals surface area contributed by atoms with Gasteiger partial charge in [-0.2, -0.15) is 0 Å². The molecule has 1 aliphatic heterocycles. The van der Waals surface area contributed by atoms with Crippen LogP contribution in [0.25, 0.3) is 22.2 Å². The maximum absolute atomic E-state index is 13.3. The maximum Gasteiger partial charge on any atom is 0.256 e. The summed E-state index contributed by atoms with van der Waals surface area (Å²) in [5.74, 6) is 0.517. The fourth-order valence-electron chi connectivity index (χ4n) is 4.41. The largest absolute Gasteiger partial charge is 0.494 e. The van der Waals surface area contributed by atoms with Gasteiger partial charge < -0.3 is 19.3 Å². The highest BCUT2D eigenvalue weighted by molar-refractivity contribution is 6.13. The number of ether oxygens (including phenoxy) is 1. The first-order chi connectivity index (χ1) is 15.8. The van der Waals surface area contributed by atoms with E-state index in [1.807, 2.05) is 56.3 Å². The van der Waals surface area contributed by atoms with Gasteiger partial charge in [-0.3, -0.25) is 19.4 Å². The summed E-state index contributed by atoms with van der Waals surface area (Å²) in [7, 11) is 5.19. The number of rotatable bonds is 6. The van der Waals surface area contributed by atoms with Gasteiger partial charge in [-0.05, 0) is 50.7 Å². The van der Waals surface area contributed by atoms with E-state index in [1.165, 1.54) is 4.90 Å². The molecule has 2 aromatic carbocycles. The molecular weight excluding hydrogens is 420 g/mol. The van der Waals surface area contributed by atoms with Gasteiger partial charge in [0.1, 0.15) is 5.75 Å². The third-order valence-electron chi connectivity index (χ3n) is 5.98. The first-order valence-electron chi connectivity index (χ1n) is 11.1. The zero-order chi connectivity index (χ0) is 23.9. The van der Waals surface area contributed by atoms with E-state index in [0.29, 0.717) is 24.4 Å². The molecule has 3 aromatic rings. The number of aliphatic hydroxyl groups is 1. The minimum Gasteiger partial charge on any atom is -0.494 e. The van der Waals surface area contributed by atoms with Crippen LogP contribution in [0.3, 0.4) is 0 Å². The molecule has 174 valence electrons. The number of hydrogen-bond acceptors (Lipinski definition) is 5. The Labute approximate surface area is 193 Å². The van der Waals surface area contributed by atoms with Gasteiger partial charge in [0.05, 0.1) is 29.9 Å². The topological polar surface area (TPSA) is 78.2 Å². The zero-order valence-electron chi connectivity index (χ0n) is 19.7. The SMILES string of the molecule is CCOc1ccc2c(C(=O)N(C)C)c(-c3ccc(N4C(=O)CN(C)C4O)cc3)n(CC)c2c1. The van der Waals surface area contributed by atoms with Crippen LogP contribution in [0.5, 0.6) is 5.75 Å². The molecule has 4 rings (SSSR count). The molecule has 0 saturated carbocycles. The highest BCUT2D eigenvalue weighted by Crippen LogP contribution is 2.37. The van der Waals surface area contributed by atoms with Crippen LogP contribution in [0.4, 0.5) is 5.69 Å². The molecule has 1 aromatic heterocycles. The summed E-state index contributed by atoms with van der Waals surface area (Å²) in [6.45, 7) is 5.38. The Hall–Kier alpha value is -3.36. The highest BCUT2D eigenvalue weighted by atomic mass is 16.5. The van der Waals surface area contributed by atoms with E-state index in [4.69, 9.17) is 4.74 Å². The second kappa shape index (κ2) is 8.88. The van der Waals surface area contributed by atoms with Crippen molar-refractivity contribution in [2.24, 2.45) is 0 Å². The second-order valence-corrected chi connectivity index (χ2v) is 8.35. The fraction of sp³-hybridized carbons (Fsp3) is 0.360. The Balaban J connectivity index is 1.88. The molecule has 0 spiro atoms. The molecule has 1 unspecified atom stereocenters. The third-order valence-corrected chi connectivity index (χ3v) is 5.98. The molecule has 0 bridgehead atoms. The summed E-state index contributed by atoms with van der Waals surface area (Å²) < 4.78 is 7.82. The van der Waals surface area contributed by atoms with Crippen LogP contribution in [0.2, 0.25) is 0 Å². The first kappa shape index (κ1) is 22.8. The quantitative estimate of drug-likeness (QED) is 0.625. The lowest BCUT2D eigenvalue weighted by Crippen LogP contribution is -2.37. The van der Waals surface area contributed by atoms with E-state index in [2.05, 4.69) is 4.57 Å². The van der Waals surface area contributed by atoms with Gasteiger partial charge in [-0.1, -0.05) is 12.1 Å². The van der Waals surface area contributed by atoms with Gasteiger partial charge in [-0.15, -0.1) is 0 Å². The van der Waals surface area contributed by atoms with E-state index in [-0.39, 0.29) is 18.4 Å². The fourth-order valence-corrected chi connectivity index (χ4v) is 4.41. The van der Waals surface area contributed by atoms with Crippen molar-refractivity contribution in [3.63, 3.8) is 0 Å². The number of nitrogens with zero attached hydrogens (tertiary/aromatic N) is 4. The lowest BCUT2D eigenvalue weighted by molar-refractivity contribution is -0.116. The molecule has 33 heavy (non-hydrogen) atoms. The van der Waals surface area contributed by atoms with E-state index < -0.39 is 6.35 Å². The van der Waals surface area contributed by atoms with E-state index >= 15 is 0 Å². The molecule has 1 N–H and O–H groups in total. The summed E-state index contributed by atoms with van der Waals surface area (Å²) >= 11 is 0. The number of carbonyl (C=O) groups excluding carboxylic acids is 2. The van der Waals surface area contributed by atoms with E-state index in [0.717, 1.165) is 27.9 Å². The Morgan fingerprint density at radius 2 is 1.85 bits per heavy atom. The van der Waals surface area contributed by atoms with Gasteiger partial charge in [-0.25, -0.2) is 0 Å². The van der Waals surface area contributed by atoms with Crippen LogP contribution in [0.15, 0.2) is 42.5 Å². The number of benzene rings is 2. The normalized spacial score (nSPS) is 16.6. The molecule has 1 saturated heterocycles. The van der Waals surface area contributed by atoms with Crippen molar-refractivity contribution in [1.82, 2.24) is 14.4 Å². The van der Waals surface area contributed by atoms with Crippen LogP contribution >= 0.6 is 0 Å². The van der Waals surface area contributed by atoms with Crippen molar-refractivity contribution < 1.29 is 19.4 Å². The molecule has 8 nitrogen and oxygen atoms in total. The minimum absolute atomic E-state index is 0.0813. The average Bonchev–Trinajstić information content (AvgIpc) is 3.25. The van der Waals surface area contributed by atoms with Crippen molar-refractivity contribution in [3.05, 3.63) is 48.0 Å². The molecule has 2 amide bonds.